The van der Waals surface area contributed by atoms with E-state index in [0.717, 1.165) is 6.42 Å². The molecule has 1 aliphatic rings. The Balaban J connectivity index is 3.23. The van der Waals surface area contributed by atoms with Crippen LogP contribution in [-0.4, -0.2) is 60.5 Å². The Hall–Kier alpha value is 0.704. The summed E-state index contributed by atoms with van der Waals surface area (Å²) in [6.45, 7) is 32.2. The summed E-state index contributed by atoms with van der Waals surface area (Å²) in [6.07, 6.45) is 0.704. The maximum absolute atomic E-state index is 6.90. The van der Waals surface area contributed by atoms with Crippen LogP contribution in [0.3, 0.4) is 0 Å². The third kappa shape index (κ3) is 6.37. The molecule has 0 radical (unpaired) electrons. The molecule has 1 fully saturated rings. The van der Waals surface area contributed by atoms with Crippen molar-refractivity contribution in [2.75, 3.05) is 19.9 Å². The normalized spacial score (nSPS) is 29.7. The maximum atomic E-state index is 6.90. The van der Waals surface area contributed by atoms with Crippen LogP contribution in [0.1, 0.15) is 61.8 Å². The van der Waals surface area contributed by atoms with Gasteiger partial charge >= 0.3 is 0 Å². The van der Waals surface area contributed by atoms with Gasteiger partial charge in [-0.05, 0) is 62.9 Å². The molecule has 0 spiro atoms. The SMILES string of the molecule is CC[C@@]1(CO[Si](C)(C)C(C)(C)C)O[C@@H](C)C(O[Si](C)(C)C(C)(C)C)[C@H]1OP(C)C. The maximum Gasteiger partial charge on any atom is 0.192 e. The Kier molecular flexibility index (Phi) is 8.88. The molecule has 4 nitrogen and oxygen atoms in total. The first-order chi connectivity index (χ1) is 12.8. The van der Waals surface area contributed by atoms with Crippen molar-refractivity contribution >= 4 is 24.8 Å². The van der Waals surface area contributed by atoms with E-state index >= 15 is 0 Å². The fourth-order valence-electron chi connectivity index (χ4n) is 3.13. The first kappa shape index (κ1) is 27.7. The van der Waals surface area contributed by atoms with Gasteiger partial charge in [0.15, 0.2) is 16.6 Å². The van der Waals surface area contributed by atoms with E-state index in [-0.39, 0.29) is 28.4 Å². The van der Waals surface area contributed by atoms with Gasteiger partial charge in [0.05, 0.1) is 12.7 Å². The molecule has 1 aliphatic heterocycles. The van der Waals surface area contributed by atoms with Gasteiger partial charge in [0.1, 0.15) is 17.8 Å². The molecule has 1 heterocycles. The smallest absolute Gasteiger partial charge is 0.192 e. The summed E-state index contributed by atoms with van der Waals surface area (Å²) < 4.78 is 26.8. The highest BCUT2D eigenvalue weighted by Crippen LogP contribution is 2.48. The lowest BCUT2D eigenvalue weighted by molar-refractivity contribution is -0.0984. The first-order valence-electron chi connectivity index (χ1n) is 11.1. The summed E-state index contributed by atoms with van der Waals surface area (Å²) in [5.41, 5.74) is -0.450. The van der Waals surface area contributed by atoms with Crippen LogP contribution in [0, 0.1) is 0 Å². The van der Waals surface area contributed by atoms with Crippen LogP contribution in [0.25, 0.3) is 0 Å². The standard InChI is InChI=1S/C22H49O4PSi2/c1-15-22(16-23-28(11,12)20(3,4)5)19(25-27(9)10)18(17(2)24-22)26-29(13,14)21(6,7)8/h17-19H,15-16H2,1-14H3/t17-,18?,19+,22-/m0/s1. The molecule has 7 heteroatoms. The van der Waals surface area contributed by atoms with Gasteiger partial charge in [-0.3, -0.25) is 0 Å². The summed E-state index contributed by atoms with van der Waals surface area (Å²) in [5, 5.41) is 0.317. The second-order valence-electron chi connectivity index (χ2n) is 12.0. The van der Waals surface area contributed by atoms with Gasteiger partial charge in [0, 0.05) is 8.15 Å². The zero-order valence-corrected chi connectivity index (χ0v) is 24.6. The summed E-state index contributed by atoms with van der Waals surface area (Å²) in [7, 11) is -4.38. The summed E-state index contributed by atoms with van der Waals surface area (Å²) in [4.78, 5) is 0. The minimum atomic E-state index is -1.95. The Labute approximate surface area is 184 Å². The minimum Gasteiger partial charge on any atom is -0.414 e. The van der Waals surface area contributed by atoms with E-state index in [2.05, 4.69) is 94.9 Å². The van der Waals surface area contributed by atoms with Crippen molar-refractivity contribution in [1.82, 2.24) is 0 Å². The molecular weight excluding hydrogens is 415 g/mol. The largest absolute Gasteiger partial charge is 0.414 e. The molecule has 0 aliphatic carbocycles. The van der Waals surface area contributed by atoms with Crippen LogP contribution in [0.5, 0.6) is 0 Å². The number of hydrogen-bond acceptors (Lipinski definition) is 4. The van der Waals surface area contributed by atoms with E-state index in [1.807, 2.05) is 0 Å². The quantitative estimate of drug-likeness (QED) is 0.286. The lowest BCUT2D eigenvalue weighted by Gasteiger charge is -2.43. The zero-order valence-electron chi connectivity index (χ0n) is 21.7. The Morgan fingerprint density at radius 1 is 0.931 bits per heavy atom. The predicted molar refractivity (Wildman–Crippen MR) is 132 cm³/mol. The number of hydrogen-bond donors (Lipinski definition) is 0. The molecule has 29 heavy (non-hydrogen) atoms. The van der Waals surface area contributed by atoms with Crippen molar-refractivity contribution in [3.8, 4) is 0 Å². The van der Waals surface area contributed by atoms with Crippen LogP contribution >= 0.6 is 8.15 Å². The lowest BCUT2D eigenvalue weighted by atomic mass is 9.93. The van der Waals surface area contributed by atoms with E-state index in [1.54, 1.807) is 0 Å². The average Bonchev–Trinajstić information content (AvgIpc) is 2.76. The monoisotopic (exact) mass is 464 g/mol. The highest BCUT2D eigenvalue weighted by molar-refractivity contribution is 7.50. The zero-order chi connectivity index (χ0) is 23.1. The Bertz CT molecular complexity index is 540. The van der Waals surface area contributed by atoms with Crippen LogP contribution < -0.4 is 0 Å². The van der Waals surface area contributed by atoms with Gasteiger partial charge in [0.2, 0.25) is 0 Å². The van der Waals surface area contributed by atoms with Crippen LogP contribution in [0.4, 0.5) is 0 Å². The second kappa shape index (κ2) is 9.29. The van der Waals surface area contributed by atoms with E-state index < -0.39 is 30.4 Å². The topological polar surface area (TPSA) is 36.9 Å². The highest BCUT2D eigenvalue weighted by atomic mass is 31.1. The highest BCUT2D eigenvalue weighted by Gasteiger charge is 2.57. The van der Waals surface area contributed by atoms with Crippen molar-refractivity contribution in [3.05, 3.63) is 0 Å². The fourth-order valence-corrected chi connectivity index (χ4v) is 6.28. The van der Waals surface area contributed by atoms with Crippen LogP contribution in [0.2, 0.25) is 36.3 Å². The fraction of sp³-hybridized carbons (Fsp3) is 1.00. The molecule has 4 atom stereocenters. The van der Waals surface area contributed by atoms with Crippen molar-refractivity contribution in [2.24, 2.45) is 0 Å². The molecule has 0 N–H and O–H groups in total. The van der Waals surface area contributed by atoms with Gasteiger partial charge in [-0.1, -0.05) is 48.5 Å². The van der Waals surface area contributed by atoms with Crippen molar-refractivity contribution in [1.29, 1.82) is 0 Å². The minimum absolute atomic E-state index is 0.00737. The molecular formula is C22H49O4PSi2. The van der Waals surface area contributed by atoms with Crippen LogP contribution in [-0.2, 0) is 18.1 Å². The molecule has 0 bridgehead atoms. The molecule has 0 amide bonds. The third-order valence-electron chi connectivity index (χ3n) is 7.34. The summed E-state index contributed by atoms with van der Waals surface area (Å²) >= 11 is 0. The third-order valence-corrected chi connectivity index (χ3v) is 16.9. The molecule has 0 aromatic carbocycles. The molecule has 1 rings (SSSR count). The molecule has 0 aromatic rings. The summed E-state index contributed by atoms with van der Waals surface area (Å²) in [6, 6.07) is 0. The predicted octanol–water partition coefficient (Wildman–Crippen LogP) is 7.01. The molecule has 174 valence electrons. The van der Waals surface area contributed by atoms with Gasteiger partial charge in [-0.2, -0.15) is 0 Å². The van der Waals surface area contributed by atoms with Gasteiger partial charge in [-0.15, -0.1) is 0 Å². The molecule has 0 aromatic heterocycles. The van der Waals surface area contributed by atoms with E-state index in [9.17, 15) is 0 Å². The lowest BCUT2D eigenvalue weighted by Crippen LogP contribution is -2.54. The van der Waals surface area contributed by atoms with E-state index in [0.29, 0.717) is 6.61 Å². The molecule has 1 saturated heterocycles. The number of rotatable bonds is 8. The molecule has 1 unspecified atom stereocenters. The number of ether oxygens (including phenoxy) is 1. The second-order valence-corrected chi connectivity index (χ2v) is 23.4. The van der Waals surface area contributed by atoms with Crippen LogP contribution in [0.15, 0.2) is 0 Å². The Morgan fingerprint density at radius 3 is 1.79 bits per heavy atom. The van der Waals surface area contributed by atoms with Crippen molar-refractivity contribution in [3.63, 3.8) is 0 Å². The van der Waals surface area contributed by atoms with E-state index in [1.165, 1.54) is 0 Å². The average molecular weight is 465 g/mol. The van der Waals surface area contributed by atoms with Gasteiger partial charge < -0.3 is 18.1 Å². The molecule has 0 saturated carbocycles. The van der Waals surface area contributed by atoms with Gasteiger partial charge in [0.25, 0.3) is 0 Å². The van der Waals surface area contributed by atoms with Crippen molar-refractivity contribution < 1.29 is 18.1 Å². The van der Waals surface area contributed by atoms with E-state index in [4.69, 9.17) is 18.1 Å². The first-order valence-corrected chi connectivity index (χ1v) is 19.1. The van der Waals surface area contributed by atoms with Gasteiger partial charge in [-0.25, -0.2) is 0 Å². The summed E-state index contributed by atoms with van der Waals surface area (Å²) in [5.74, 6) is 0. The van der Waals surface area contributed by atoms with Crippen molar-refractivity contribution in [2.45, 2.75) is 122 Å². The Morgan fingerprint density at radius 2 is 1.41 bits per heavy atom.